The third kappa shape index (κ3) is 1.42. The first kappa shape index (κ1) is 11.5. The number of aryl methyl sites for hydroxylation is 1. The van der Waals surface area contributed by atoms with Crippen LogP contribution >= 0.6 is 0 Å². The van der Waals surface area contributed by atoms with Crippen LogP contribution in [-0.2, 0) is 22.3 Å². The second-order valence-corrected chi connectivity index (χ2v) is 5.02. The van der Waals surface area contributed by atoms with E-state index in [1.165, 1.54) is 0 Å². The van der Waals surface area contributed by atoms with E-state index in [2.05, 4.69) is 0 Å². The van der Waals surface area contributed by atoms with Crippen molar-refractivity contribution in [2.45, 2.75) is 12.8 Å². The van der Waals surface area contributed by atoms with Gasteiger partial charge in [0.05, 0.1) is 11.1 Å². The monoisotopic (exact) mass is 268 g/mol. The third-order valence-electron chi connectivity index (χ3n) is 4.02. The topological polar surface area (TPSA) is 52.6 Å². The summed E-state index contributed by atoms with van der Waals surface area (Å²) in [6.07, 6.45) is 1.75. The number of hydrogen-bond donors (Lipinski definition) is 0. The van der Waals surface area contributed by atoms with Crippen LogP contribution < -0.4 is 0 Å². The number of carbonyl (C=O) groups excluding carboxylic acids is 2. The molecule has 0 N–H and O–H groups in total. The number of fused-ring (bicyclic) bond motifs is 6. The van der Waals surface area contributed by atoms with Gasteiger partial charge < -0.3 is 9.47 Å². The van der Waals surface area contributed by atoms with Gasteiger partial charge in [-0.3, -0.25) is 0 Å². The first-order valence-electron chi connectivity index (χ1n) is 6.68. The Balaban J connectivity index is 2.14. The molecule has 1 heterocycles. The zero-order valence-electron chi connectivity index (χ0n) is 10.8. The molecule has 0 saturated carbocycles. The maximum Gasteiger partial charge on any atom is 0.339 e. The van der Waals surface area contributed by atoms with Gasteiger partial charge in [-0.25, -0.2) is 9.59 Å². The number of benzene rings is 2. The SMILES string of the molecule is O=C1OCCOC(=O)c2c1c1c(c3ccccc23)CC1. The van der Waals surface area contributed by atoms with Crippen molar-refractivity contribution >= 4 is 22.7 Å². The van der Waals surface area contributed by atoms with Crippen molar-refractivity contribution in [1.82, 2.24) is 0 Å². The molecule has 0 spiro atoms. The molecule has 0 amide bonds. The fourth-order valence-electron chi connectivity index (χ4n) is 3.05. The summed E-state index contributed by atoms with van der Waals surface area (Å²) < 4.78 is 10.3. The highest BCUT2D eigenvalue weighted by Crippen LogP contribution is 2.38. The molecule has 0 saturated heterocycles. The van der Waals surface area contributed by atoms with E-state index in [1.807, 2.05) is 24.3 Å². The summed E-state index contributed by atoms with van der Waals surface area (Å²) in [7, 11) is 0. The average Bonchev–Trinajstić information content (AvgIpc) is 2.41. The Morgan fingerprint density at radius 1 is 0.750 bits per heavy atom. The lowest BCUT2D eigenvalue weighted by molar-refractivity contribution is 0.0225. The largest absolute Gasteiger partial charge is 0.458 e. The highest BCUT2D eigenvalue weighted by atomic mass is 16.6. The Morgan fingerprint density at radius 3 is 2.00 bits per heavy atom. The van der Waals surface area contributed by atoms with E-state index in [4.69, 9.17) is 9.47 Å². The van der Waals surface area contributed by atoms with E-state index in [1.54, 1.807) is 0 Å². The summed E-state index contributed by atoms with van der Waals surface area (Å²) in [4.78, 5) is 24.5. The number of carbonyl (C=O) groups is 2. The predicted molar refractivity (Wildman–Crippen MR) is 71.9 cm³/mol. The molecular formula is C16H12O4. The van der Waals surface area contributed by atoms with E-state index in [0.29, 0.717) is 11.1 Å². The van der Waals surface area contributed by atoms with Gasteiger partial charge >= 0.3 is 11.9 Å². The fraction of sp³-hybridized carbons (Fsp3) is 0.250. The van der Waals surface area contributed by atoms with Crippen LogP contribution in [0.5, 0.6) is 0 Å². The summed E-state index contributed by atoms with van der Waals surface area (Å²) in [5.74, 6) is -0.832. The average molecular weight is 268 g/mol. The zero-order chi connectivity index (χ0) is 13.7. The molecule has 0 radical (unpaired) electrons. The Bertz CT molecular complexity index is 761. The highest BCUT2D eigenvalue weighted by Gasteiger charge is 2.33. The van der Waals surface area contributed by atoms with Gasteiger partial charge in [-0.05, 0) is 34.7 Å². The van der Waals surface area contributed by atoms with Crippen LogP contribution in [0.25, 0.3) is 10.8 Å². The van der Waals surface area contributed by atoms with Crippen molar-refractivity contribution in [2.24, 2.45) is 0 Å². The fourth-order valence-corrected chi connectivity index (χ4v) is 3.05. The maximum absolute atomic E-state index is 12.3. The normalized spacial score (nSPS) is 17.2. The third-order valence-corrected chi connectivity index (χ3v) is 4.02. The molecule has 0 unspecified atom stereocenters. The van der Waals surface area contributed by atoms with Crippen LogP contribution in [0.3, 0.4) is 0 Å². The zero-order valence-corrected chi connectivity index (χ0v) is 10.8. The Labute approximate surface area is 115 Å². The van der Waals surface area contributed by atoms with Crippen LogP contribution in [0, 0.1) is 0 Å². The summed E-state index contributed by atoms with van der Waals surface area (Å²) in [6.45, 7) is 0.223. The second kappa shape index (κ2) is 4.07. The Morgan fingerprint density at radius 2 is 1.35 bits per heavy atom. The molecule has 1 aliphatic heterocycles. The minimum Gasteiger partial charge on any atom is -0.458 e. The molecule has 0 aromatic heterocycles. The van der Waals surface area contributed by atoms with Gasteiger partial charge in [-0.2, -0.15) is 0 Å². The van der Waals surface area contributed by atoms with Crippen molar-refractivity contribution in [1.29, 1.82) is 0 Å². The highest BCUT2D eigenvalue weighted by molar-refractivity contribution is 6.15. The summed E-state index contributed by atoms with van der Waals surface area (Å²) in [6, 6.07) is 7.67. The number of rotatable bonds is 0. The lowest BCUT2D eigenvalue weighted by atomic mass is 9.78. The maximum atomic E-state index is 12.3. The molecule has 2 aromatic rings. The molecule has 0 fully saturated rings. The standard InChI is InChI=1S/C16H12O4/c17-15-13-11-4-2-1-3-9(11)10-5-6-12(10)14(13)16(18)20-8-7-19-15/h1-4H,5-8H2. The smallest absolute Gasteiger partial charge is 0.339 e. The van der Waals surface area contributed by atoms with Crippen molar-refractivity contribution < 1.29 is 19.1 Å². The minimum atomic E-state index is -0.428. The van der Waals surface area contributed by atoms with Crippen molar-refractivity contribution in [3.8, 4) is 0 Å². The molecule has 4 heteroatoms. The van der Waals surface area contributed by atoms with Gasteiger partial charge in [0, 0.05) is 0 Å². The van der Waals surface area contributed by atoms with Crippen molar-refractivity contribution in [3.05, 3.63) is 46.5 Å². The van der Waals surface area contributed by atoms with E-state index >= 15 is 0 Å². The summed E-state index contributed by atoms with van der Waals surface area (Å²) in [5.41, 5.74) is 2.88. The lowest BCUT2D eigenvalue weighted by Crippen LogP contribution is -2.27. The van der Waals surface area contributed by atoms with Crippen LogP contribution in [0.2, 0.25) is 0 Å². The van der Waals surface area contributed by atoms with E-state index in [0.717, 1.165) is 34.7 Å². The van der Waals surface area contributed by atoms with Gasteiger partial charge in [-0.15, -0.1) is 0 Å². The Kier molecular flexibility index (Phi) is 2.33. The van der Waals surface area contributed by atoms with E-state index in [9.17, 15) is 9.59 Å². The van der Waals surface area contributed by atoms with Crippen molar-refractivity contribution in [2.75, 3.05) is 13.2 Å². The predicted octanol–water partition coefficient (Wildman–Crippen LogP) is 2.27. The molecular weight excluding hydrogens is 256 g/mol. The molecule has 0 bridgehead atoms. The number of esters is 2. The van der Waals surface area contributed by atoms with Crippen LogP contribution in [0.4, 0.5) is 0 Å². The van der Waals surface area contributed by atoms with Gasteiger partial charge in [-0.1, -0.05) is 24.3 Å². The van der Waals surface area contributed by atoms with E-state index < -0.39 is 11.9 Å². The Hall–Kier alpha value is -2.36. The molecule has 4 rings (SSSR count). The summed E-state index contributed by atoms with van der Waals surface area (Å²) >= 11 is 0. The second-order valence-electron chi connectivity index (χ2n) is 5.02. The van der Waals surface area contributed by atoms with Crippen LogP contribution in [0.1, 0.15) is 31.8 Å². The molecule has 2 aromatic carbocycles. The van der Waals surface area contributed by atoms with Gasteiger partial charge in [0.2, 0.25) is 0 Å². The molecule has 4 nitrogen and oxygen atoms in total. The van der Waals surface area contributed by atoms with E-state index in [-0.39, 0.29) is 13.2 Å². The number of hydrogen-bond acceptors (Lipinski definition) is 4. The minimum absolute atomic E-state index is 0.107. The first-order valence-corrected chi connectivity index (χ1v) is 6.68. The van der Waals surface area contributed by atoms with Crippen LogP contribution in [-0.4, -0.2) is 25.2 Å². The van der Waals surface area contributed by atoms with Crippen molar-refractivity contribution in [3.63, 3.8) is 0 Å². The number of ether oxygens (including phenoxy) is 2. The van der Waals surface area contributed by atoms with Gasteiger partial charge in [0.1, 0.15) is 13.2 Å². The molecule has 2 aliphatic rings. The van der Waals surface area contributed by atoms with Gasteiger partial charge in [0.25, 0.3) is 0 Å². The first-order chi connectivity index (χ1) is 9.77. The molecule has 100 valence electrons. The lowest BCUT2D eigenvalue weighted by Gasteiger charge is -2.27. The molecule has 0 atom stereocenters. The van der Waals surface area contributed by atoms with Crippen LogP contribution in [0.15, 0.2) is 24.3 Å². The quantitative estimate of drug-likeness (QED) is 0.688. The molecule has 1 aliphatic carbocycles. The van der Waals surface area contributed by atoms with Gasteiger partial charge in [0.15, 0.2) is 0 Å². The molecule has 20 heavy (non-hydrogen) atoms. The number of cyclic esters (lactones) is 2. The summed E-state index contributed by atoms with van der Waals surface area (Å²) in [5, 5.41) is 1.82.